The molecule has 0 bridgehead atoms. The molecule has 0 fully saturated rings. The van der Waals surface area contributed by atoms with Crippen molar-refractivity contribution < 1.29 is 0 Å². The first-order valence-electron chi connectivity index (χ1n) is 5.94. The van der Waals surface area contributed by atoms with Gasteiger partial charge in [0.15, 0.2) is 4.96 Å². The Morgan fingerprint density at radius 2 is 2.29 bits per heavy atom. The Hall–Kier alpha value is -1.13. The number of hydrogen-bond acceptors (Lipinski definition) is 3. The predicted octanol–water partition coefficient (Wildman–Crippen LogP) is 3.03. The Balaban J connectivity index is 2.49. The summed E-state index contributed by atoms with van der Waals surface area (Å²) in [5, 5.41) is 3.21. The van der Waals surface area contributed by atoms with Gasteiger partial charge in [-0.3, -0.25) is 4.40 Å². The largest absolute Gasteiger partial charge is 0.316 e. The first-order chi connectivity index (χ1) is 8.15. The van der Waals surface area contributed by atoms with Gasteiger partial charge in [0.1, 0.15) is 0 Å². The molecule has 2 rings (SSSR count). The molecule has 0 aliphatic carbocycles. The number of thiazole rings is 1. The summed E-state index contributed by atoms with van der Waals surface area (Å²) in [5.74, 6) is 0. The molecule has 0 atom stereocenters. The first-order valence-corrected chi connectivity index (χ1v) is 6.76. The van der Waals surface area contributed by atoms with Gasteiger partial charge in [-0.05, 0) is 33.4 Å². The van der Waals surface area contributed by atoms with Crippen LogP contribution in [0.4, 0.5) is 0 Å². The summed E-state index contributed by atoms with van der Waals surface area (Å²) in [7, 11) is 1.98. The van der Waals surface area contributed by atoms with Crippen LogP contribution in [-0.4, -0.2) is 23.0 Å². The van der Waals surface area contributed by atoms with Crippen molar-refractivity contribution in [2.75, 3.05) is 13.6 Å². The number of aryl methyl sites for hydroxylation is 2. The maximum Gasteiger partial charge on any atom is 0.194 e. The van der Waals surface area contributed by atoms with Crippen molar-refractivity contribution in [2.24, 2.45) is 0 Å². The van der Waals surface area contributed by atoms with E-state index in [1.54, 1.807) is 11.3 Å². The minimum Gasteiger partial charge on any atom is -0.316 e. The Morgan fingerprint density at radius 1 is 1.53 bits per heavy atom. The van der Waals surface area contributed by atoms with Crippen molar-refractivity contribution in [1.29, 1.82) is 0 Å². The van der Waals surface area contributed by atoms with Gasteiger partial charge in [-0.2, -0.15) is 0 Å². The Labute approximate surface area is 106 Å². The van der Waals surface area contributed by atoms with Crippen molar-refractivity contribution in [3.05, 3.63) is 28.0 Å². The zero-order valence-corrected chi connectivity index (χ0v) is 11.7. The molecule has 0 saturated heterocycles. The summed E-state index contributed by atoms with van der Waals surface area (Å²) in [6.45, 7) is 7.33. The van der Waals surface area contributed by atoms with Gasteiger partial charge >= 0.3 is 0 Å². The summed E-state index contributed by atoms with van der Waals surface area (Å²) >= 11 is 1.74. The lowest BCUT2D eigenvalue weighted by atomic mass is 10.1. The van der Waals surface area contributed by atoms with Crippen molar-refractivity contribution in [3.63, 3.8) is 0 Å². The fourth-order valence-electron chi connectivity index (χ4n) is 1.95. The number of aromatic nitrogens is 2. The van der Waals surface area contributed by atoms with Crippen LogP contribution in [0.2, 0.25) is 0 Å². The van der Waals surface area contributed by atoms with Gasteiger partial charge in [0, 0.05) is 17.6 Å². The third-order valence-corrected chi connectivity index (χ3v) is 3.76. The predicted molar refractivity (Wildman–Crippen MR) is 74.7 cm³/mol. The normalized spacial score (nSPS) is 12.6. The number of fused-ring (bicyclic) bond motifs is 1. The van der Waals surface area contributed by atoms with Gasteiger partial charge in [0.05, 0.1) is 11.4 Å². The maximum absolute atomic E-state index is 4.60. The van der Waals surface area contributed by atoms with Crippen LogP contribution in [0.3, 0.4) is 0 Å². The number of hydrogen-bond donors (Lipinski definition) is 1. The van der Waals surface area contributed by atoms with Crippen LogP contribution in [0.25, 0.3) is 11.0 Å². The molecule has 0 aliphatic heterocycles. The lowest BCUT2D eigenvalue weighted by molar-refractivity contribution is 0.850. The van der Waals surface area contributed by atoms with E-state index in [9.17, 15) is 0 Å². The summed E-state index contributed by atoms with van der Waals surface area (Å²) < 4.78 is 2.20. The summed E-state index contributed by atoms with van der Waals surface area (Å²) in [6, 6.07) is 0. The average Bonchev–Trinajstić information content (AvgIpc) is 2.76. The highest BCUT2D eigenvalue weighted by Crippen LogP contribution is 2.22. The number of likely N-dealkylation sites (N-methyl/N-ethyl adjacent to an activating group) is 1. The molecule has 0 spiro atoms. The Morgan fingerprint density at radius 3 is 2.94 bits per heavy atom. The third kappa shape index (κ3) is 2.42. The van der Waals surface area contributed by atoms with E-state index >= 15 is 0 Å². The topological polar surface area (TPSA) is 29.3 Å². The molecule has 0 saturated carbocycles. The molecule has 2 aromatic rings. The Kier molecular flexibility index (Phi) is 3.64. The third-order valence-electron chi connectivity index (χ3n) is 2.86. The molecular weight excluding hydrogens is 230 g/mol. The van der Waals surface area contributed by atoms with E-state index in [2.05, 4.69) is 47.7 Å². The summed E-state index contributed by atoms with van der Waals surface area (Å²) in [5.41, 5.74) is 3.73. The molecule has 0 unspecified atom stereocenters. The maximum atomic E-state index is 4.60. The fraction of sp³-hybridized carbons (Fsp3) is 0.462. The zero-order valence-electron chi connectivity index (χ0n) is 10.9. The van der Waals surface area contributed by atoms with E-state index in [0.29, 0.717) is 0 Å². The first kappa shape index (κ1) is 12.3. The van der Waals surface area contributed by atoms with Gasteiger partial charge in [-0.25, -0.2) is 4.98 Å². The van der Waals surface area contributed by atoms with Gasteiger partial charge in [0.25, 0.3) is 0 Å². The van der Waals surface area contributed by atoms with Crippen LogP contribution in [0.5, 0.6) is 0 Å². The van der Waals surface area contributed by atoms with Crippen LogP contribution in [-0.2, 0) is 0 Å². The lowest BCUT2D eigenvalue weighted by Crippen LogP contribution is -2.10. The van der Waals surface area contributed by atoms with Crippen LogP contribution in [0.1, 0.15) is 29.6 Å². The van der Waals surface area contributed by atoms with Crippen LogP contribution >= 0.6 is 11.3 Å². The second-order valence-electron chi connectivity index (χ2n) is 4.26. The molecule has 2 aromatic heterocycles. The minimum atomic E-state index is 0.937. The second kappa shape index (κ2) is 5.02. The Bertz CT molecular complexity index is 548. The molecule has 0 radical (unpaired) electrons. The van der Waals surface area contributed by atoms with Gasteiger partial charge in [0.2, 0.25) is 0 Å². The molecular formula is C13H19N3S. The molecule has 1 N–H and O–H groups in total. The van der Waals surface area contributed by atoms with E-state index in [0.717, 1.165) is 23.6 Å². The molecule has 92 valence electrons. The van der Waals surface area contributed by atoms with Gasteiger partial charge in [-0.1, -0.05) is 12.5 Å². The van der Waals surface area contributed by atoms with Crippen molar-refractivity contribution in [3.8, 4) is 0 Å². The molecule has 0 aliphatic rings. The molecule has 4 heteroatoms. The smallest absolute Gasteiger partial charge is 0.194 e. The van der Waals surface area contributed by atoms with Crippen molar-refractivity contribution in [2.45, 2.75) is 27.2 Å². The molecule has 17 heavy (non-hydrogen) atoms. The van der Waals surface area contributed by atoms with E-state index in [4.69, 9.17) is 0 Å². The molecule has 2 heterocycles. The summed E-state index contributed by atoms with van der Waals surface area (Å²) in [6.07, 6.45) is 5.49. The average molecular weight is 249 g/mol. The highest BCUT2D eigenvalue weighted by Gasteiger charge is 2.09. The SMILES string of the molecule is CCC(=Cc1c(C)nc2sc(C)cn12)CNC. The number of nitrogens with one attached hydrogen (secondary N) is 1. The fourth-order valence-corrected chi connectivity index (χ4v) is 2.83. The van der Waals surface area contributed by atoms with Crippen LogP contribution in [0.15, 0.2) is 11.8 Å². The van der Waals surface area contributed by atoms with E-state index in [1.165, 1.54) is 16.1 Å². The van der Waals surface area contributed by atoms with E-state index in [-0.39, 0.29) is 0 Å². The van der Waals surface area contributed by atoms with Crippen molar-refractivity contribution >= 4 is 22.4 Å². The van der Waals surface area contributed by atoms with Gasteiger partial charge < -0.3 is 5.32 Å². The monoisotopic (exact) mass is 249 g/mol. The molecule has 3 nitrogen and oxygen atoms in total. The quantitative estimate of drug-likeness (QED) is 0.902. The van der Waals surface area contributed by atoms with Crippen LogP contribution in [0, 0.1) is 13.8 Å². The minimum absolute atomic E-state index is 0.937. The van der Waals surface area contributed by atoms with E-state index in [1.807, 2.05) is 7.05 Å². The standard InChI is InChI=1S/C13H19N3S/c1-5-11(7-14-4)6-12-10(3)15-13-16(12)8-9(2)17-13/h6,8,14H,5,7H2,1-4H3. The van der Waals surface area contributed by atoms with E-state index < -0.39 is 0 Å². The van der Waals surface area contributed by atoms with Crippen molar-refractivity contribution in [1.82, 2.24) is 14.7 Å². The molecule has 0 aromatic carbocycles. The second-order valence-corrected chi connectivity index (χ2v) is 5.48. The number of rotatable bonds is 4. The zero-order chi connectivity index (χ0) is 12.4. The highest BCUT2D eigenvalue weighted by atomic mass is 32.1. The number of nitrogens with zero attached hydrogens (tertiary/aromatic N) is 2. The van der Waals surface area contributed by atoms with Crippen LogP contribution < -0.4 is 5.32 Å². The summed E-state index contributed by atoms with van der Waals surface area (Å²) in [4.78, 5) is 6.99. The number of imidazole rings is 1. The lowest BCUT2D eigenvalue weighted by Gasteiger charge is -2.03. The highest BCUT2D eigenvalue weighted by molar-refractivity contribution is 7.17. The molecule has 0 amide bonds. The van der Waals surface area contributed by atoms with Gasteiger partial charge in [-0.15, -0.1) is 11.3 Å².